The summed E-state index contributed by atoms with van der Waals surface area (Å²) >= 11 is 7.09. The van der Waals surface area contributed by atoms with Gasteiger partial charge in [0.05, 0.1) is 22.9 Å². The Balaban J connectivity index is 1.54. The second-order valence-corrected chi connectivity index (χ2v) is 8.78. The summed E-state index contributed by atoms with van der Waals surface area (Å²) in [5, 5.41) is 3.35. The first-order valence-electron chi connectivity index (χ1n) is 9.98. The molecular weight excluding hydrogens is 448 g/mol. The number of nitrogens with one attached hydrogen (secondary N) is 1. The van der Waals surface area contributed by atoms with Gasteiger partial charge in [0, 0.05) is 25.7 Å². The molecule has 2 amide bonds. The maximum Gasteiger partial charge on any atom is 0.295 e. The van der Waals surface area contributed by atoms with Gasteiger partial charge < -0.3 is 10.2 Å². The Bertz CT molecular complexity index is 1160. The third-order valence-electron chi connectivity index (χ3n) is 5.04. The fourth-order valence-electron chi connectivity index (χ4n) is 3.18. The molecule has 1 N–H and O–H groups in total. The van der Waals surface area contributed by atoms with Crippen LogP contribution in [0.4, 0.5) is 5.69 Å². The first kappa shape index (κ1) is 23.7. The van der Waals surface area contributed by atoms with Crippen molar-refractivity contribution in [2.45, 2.75) is 13.5 Å². The number of rotatable bonds is 8. The zero-order valence-electron chi connectivity index (χ0n) is 18.2. The first-order valence-corrected chi connectivity index (χ1v) is 11.5. The average molecular weight is 473 g/mol. The molecule has 0 aliphatic heterocycles. The minimum atomic E-state index is -0.325. The van der Waals surface area contributed by atoms with Crippen LogP contribution in [0.15, 0.2) is 59.4 Å². The molecule has 0 aliphatic rings. The van der Waals surface area contributed by atoms with E-state index >= 15 is 0 Å². The molecule has 0 radical (unpaired) electrons. The van der Waals surface area contributed by atoms with Gasteiger partial charge in [-0.15, -0.1) is 11.8 Å². The quantitative estimate of drug-likeness (QED) is 0.544. The Kier molecular flexibility index (Phi) is 7.82. The topological polar surface area (TPSA) is 76.3 Å². The molecule has 2 aromatic carbocycles. The lowest BCUT2D eigenvalue weighted by Gasteiger charge is -2.17. The number of anilines is 1. The lowest BCUT2D eigenvalue weighted by molar-refractivity contribution is -0.127. The van der Waals surface area contributed by atoms with Gasteiger partial charge in [-0.1, -0.05) is 41.9 Å². The molecule has 0 saturated heterocycles. The van der Waals surface area contributed by atoms with E-state index < -0.39 is 0 Å². The highest BCUT2D eigenvalue weighted by molar-refractivity contribution is 8.00. The molecule has 3 aromatic rings. The maximum absolute atomic E-state index is 12.9. The van der Waals surface area contributed by atoms with E-state index in [1.165, 1.54) is 16.4 Å². The Labute approximate surface area is 196 Å². The van der Waals surface area contributed by atoms with Crippen LogP contribution in [-0.4, -0.2) is 44.6 Å². The van der Waals surface area contributed by atoms with Gasteiger partial charge in [-0.3, -0.25) is 19.1 Å². The van der Waals surface area contributed by atoms with Crippen LogP contribution < -0.4 is 10.9 Å². The highest BCUT2D eigenvalue weighted by Gasteiger charge is 2.18. The Morgan fingerprint density at radius 1 is 1.06 bits per heavy atom. The van der Waals surface area contributed by atoms with E-state index in [0.717, 1.165) is 5.56 Å². The zero-order chi connectivity index (χ0) is 23.3. The van der Waals surface area contributed by atoms with Crippen molar-refractivity contribution in [1.82, 2.24) is 14.3 Å². The van der Waals surface area contributed by atoms with E-state index in [4.69, 9.17) is 11.6 Å². The predicted molar refractivity (Wildman–Crippen MR) is 130 cm³/mol. The summed E-state index contributed by atoms with van der Waals surface area (Å²) in [6.07, 6.45) is 0. The van der Waals surface area contributed by atoms with Crippen molar-refractivity contribution in [2.24, 2.45) is 7.05 Å². The normalized spacial score (nSPS) is 10.8. The number of halogens is 1. The largest absolute Gasteiger partial charge is 0.341 e. The summed E-state index contributed by atoms with van der Waals surface area (Å²) in [5.41, 5.74) is 2.28. The second-order valence-electron chi connectivity index (χ2n) is 7.35. The molecule has 0 unspecified atom stereocenters. The summed E-state index contributed by atoms with van der Waals surface area (Å²) in [5.74, 6) is -0.173. The van der Waals surface area contributed by atoms with Gasteiger partial charge in [-0.25, -0.2) is 4.68 Å². The van der Waals surface area contributed by atoms with Gasteiger partial charge in [0.2, 0.25) is 11.8 Å². The number of carbonyl (C=O) groups excluding carboxylic acids is 2. The number of carbonyl (C=O) groups is 2. The molecular formula is C23H25ClN4O3S. The molecule has 0 aliphatic carbocycles. The number of amides is 2. The van der Waals surface area contributed by atoms with Gasteiger partial charge in [-0.05, 0) is 36.8 Å². The molecule has 0 bridgehead atoms. The van der Waals surface area contributed by atoms with Crippen LogP contribution >= 0.6 is 23.4 Å². The summed E-state index contributed by atoms with van der Waals surface area (Å²) in [6.45, 7) is 2.24. The van der Waals surface area contributed by atoms with Gasteiger partial charge >= 0.3 is 0 Å². The number of hydrogen-bond acceptors (Lipinski definition) is 4. The summed E-state index contributed by atoms with van der Waals surface area (Å²) in [7, 11) is 3.49. The van der Waals surface area contributed by atoms with Crippen molar-refractivity contribution < 1.29 is 9.59 Å². The maximum atomic E-state index is 12.9. The van der Waals surface area contributed by atoms with Crippen LogP contribution in [0.25, 0.3) is 5.69 Å². The number of aromatic nitrogens is 2. The lowest BCUT2D eigenvalue weighted by Crippen LogP contribution is -2.28. The Morgan fingerprint density at radius 2 is 1.72 bits per heavy atom. The van der Waals surface area contributed by atoms with E-state index in [2.05, 4.69) is 5.32 Å². The number of hydrogen-bond donors (Lipinski definition) is 1. The van der Waals surface area contributed by atoms with Gasteiger partial charge in [0.1, 0.15) is 5.69 Å². The average Bonchev–Trinajstić information content (AvgIpc) is 2.99. The fraction of sp³-hybridized carbons (Fsp3) is 0.261. The van der Waals surface area contributed by atoms with Crippen molar-refractivity contribution in [3.63, 3.8) is 0 Å². The molecule has 1 aromatic heterocycles. The molecule has 168 valence electrons. The third-order valence-corrected chi connectivity index (χ3v) is 6.21. The van der Waals surface area contributed by atoms with Crippen LogP contribution in [0.3, 0.4) is 0 Å². The number of thioether (sulfide) groups is 1. The first-order chi connectivity index (χ1) is 15.3. The van der Waals surface area contributed by atoms with E-state index in [-0.39, 0.29) is 34.6 Å². The van der Waals surface area contributed by atoms with Crippen LogP contribution in [0.5, 0.6) is 0 Å². The second kappa shape index (κ2) is 10.6. The van der Waals surface area contributed by atoms with Gasteiger partial charge in [-0.2, -0.15) is 0 Å². The van der Waals surface area contributed by atoms with E-state index in [9.17, 15) is 14.4 Å². The molecule has 32 heavy (non-hydrogen) atoms. The predicted octanol–water partition coefficient (Wildman–Crippen LogP) is 3.47. The van der Waals surface area contributed by atoms with Crippen LogP contribution in [0.2, 0.25) is 5.02 Å². The summed E-state index contributed by atoms with van der Waals surface area (Å²) in [6, 6.07) is 16.5. The van der Waals surface area contributed by atoms with Crippen molar-refractivity contribution in [3.05, 3.63) is 81.2 Å². The molecule has 0 saturated carbocycles. The van der Waals surface area contributed by atoms with E-state index in [0.29, 0.717) is 22.9 Å². The minimum absolute atomic E-state index is 0.0691. The molecule has 7 nitrogen and oxygen atoms in total. The van der Waals surface area contributed by atoms with Crippen molar-refractivity contribution in [1.29, 1.82) is 0 Å². The lowest BCUT2D eigenvalue weighted by atomic mass is 10.2. The van der Waals surface area contributed by atoms with Crippen LogP contribution in [-0.2, 0) is 23.2 Å². The Morgan fingerprint density at radius 3 is 2.38 bits per heavy atom. The third kappa shape index (κ3) is 5.63. The van der Waals surface area contributed by atoms with Gasteiger partial charge in [0.15, 0.2) is 0 Å². The van der Waals surface area contributed by atoms with E-state index in [1.54, 1.807) is 42.7 Å². The van der Waals surface area contributed by atoms with E-state index in [1.807, 2.05) is 42.5 Å². The molecule has 0 spiro atoms. The monoisotopic (exact) mass is 472 g/mol. The van der Waals surface area contributed by atoms with Crippen LogP contribution in [0, 0.1) is 6.92 Å². The SMILES string of the molecule is Cc1c(NC(=O)CSCC(=O)N(C)Cc2ccc(Cl)cc2)c(=O)n(-c2ccccc2)n1C. The summed E-state index contributed by atoms with van der Waals surface area (Å²) in [4.78, 5) is 39.2. The molecule has 3 rings (SSSR count). The number of nitrogens with zero attached hydrogens (tertiary/aromatic N) is 3. The van der Waals surface area contributed by atoms with Crippen molar-refractivity contribution in [2.75, 3.05) is 23.9 Å². The smallest absolute Gasteiger partial charge is 0.295 e. The van der Waals surface area contributed by atoms with Crippen LogP contribution in [0.1, 0.15) is 11.3 Å². The number of benzene rings is 2. The van der Waals surface area contributed by atoms with Crippen molar-refractivity contribution >= 4 is 40.9 Å². The Hall–Kier alpha value is -2.97. The molecule has 0 atom stereocenters. The zero-order valence-corrected chi connectivity index (χ0v) is 19.7. The molecule has 1 heterocycles. The standard InChI is InChI=1S/C23H25ClN4O3S/c1-16-22(23(31)28(27(16)3)19-7-5-4-6-8-19)25-20(29)14-32-15-21(30)26(2)13-17-9-11-18(24)12-10-17/h4-12H,13-15H2,1-3H3,(H,25,29). The fourth-order valence-corrected chi connectivity index (χ4v) is 4.06. The molecule has 9 heteroatoms. The van der Waals surface area contributed by atoms with Gasteiger partial charge in [0.25, 0.3) is 5.56 Å². The van der Waals surface area contributed by atoms with Crippen molar-refractivity contribution in [3.8, 4) is 5.69 Å². The highest BCUT2D eigenvalue weighted by Crippen LogP contribution is 2.15. The highest BCUT2D eigenvalue weighted by atomic mass is 35.5. The summed E-state index contributed by atoms with van der Waals surface area (Å²) < 4.78 is 3.21. The minimum Gasteiger partial charge on any atom is -0.341 e. The number of para-hydroxylation sites is 1. The molecule has 0 fully saturated rings.